The fraction of sp³-hybridized carbons (Fsp3) is 0.429. The second-order valence-corrected chi connectivity index (χ2v) is 5.23. The molecule has 0 radical (unpaired) electrons. The van der Waals surface area contributed by atoms with Gasteiger partial charge in [0.1, 0.15) is 5.75 Å². The molecule has 0 fully saturated rings. The summed E-state index contributed by atoms with van der Waals surface area (Å²) in [5.41, 5.74) is -0.671. The number of carbonyl (C=O) groups excluding carboxylic acids is 1. The van der Waals surface area contributed by atoms with E-state index in [1.807, 2.05) is 0 Å². The first kappa shape index (κ1) is 17.7. The molecule has 2 amide bonds. The van der Waals surface area contributed by atoms with Crippen LogP contribution in [-0.2, 0) is 4.79 Å². The molecule has 0 spiro atoms. The maximum Gasteiger partial charge on any atom is 0.387 e. The van der Waals surface area contributed by atoms with E-state index in [0.29, 0.717) is 0 Å². The number of nitrogens with one attached hydrogen (secondary N) is 2. The molecule has 0 unspecified atom stereocenters. The summed E-state index contributed by atoms with van der Waals surface area (Å²) in [5.74, 6) is -1.12. The minimum atomic E-state index is -3.00. The van der Waals surface area contributed by atoms with Crippen molar-refractivity contribution in [3.05, 3.63) is 24.3 Å². The highest BCUT2D eigenvalue weighted by Gasteiger charge is 2.22. The molecule has 1 aromatic carbocycles. The number of carboxylic acids is 1. The largest absolute Gasteiger partial charge is 0.481 e. The predicted molar refractivity (Wildman–Crippen MR) is 76.2 cm³/mol. The Bertz CT molecular complexity index is 535. The minimum Gasteiger partial charge on any atom is -0.481 e. The molecular formula is C14H18F2N2O4. The summed E-state index contributed by atoms with van der Waals surface area (Å²) in [6, 6.07) is 5.14. The van der Waals surface area contributed by atoms with Crippen molar-refractivity contribution in [3.8, 4) is 5.75 Å². The molecule has 8 heteroatoms. The van der Waals surface area contributed by atoms with Gasteiger partial charge in [0.2, 0.25) is 0 Å². The first-order chi connectivity index (χ1) is 10.2. The second kappa shape index (κ2) is 7.58. The van der Waals surface area contributed by atoms with Gasteiger partial charge in [-0.3, -0.25) is 4.79 Å². The van der Waals surface area contributed by atoms with Crippen molar-refractivity contribution < 1.29 is 28.2 Å². The predicted octanol–water partition coefficient (Wildman–Crippen LogP) is 3.05. The normalized spacial score (nSPS) is 11.1. The summed E-state index contributed by atoms with van der Waals surface area (Å²) in [7, 11) is 0. The molecule has 0 saturated heterocycles. The number of alkyl halides is 2. The Morgan fingerprint density at radius 3 is 2.55 bits per heavy atom. The van der Waals surface area contributed by atoms with E-state index in [1.54, 1.807) is 19.9 Å². The zero-order valence-corrected chi connectivity index (χ0v) is 12.2. The molecule has 1 aromatic rings. The van der Waals surface area contributed by atoms with Crippen molar-refractivity contribution in [2.45, 2.75) is 38.8 Å². The highest BCUT2D eigenvalue weighted by atomic mass is 19.3. The van der Waals surface area contributed by atoms with Crippen molar-refractivity contribution in [2.75, 3.05) is 5.32 Å². The van der Waals surface area contributed by atoms with E-state index >= 15 is 0 Å². The van der Waals surface area contributed by atoms with Crippen molar-refractivity contribution in [2.24, 2.45) is 0 Å². The Morgan fingerprint density at radius 2 is 1.95 bits per heavy atom. The van der Waals surface area contributed by atoms with Gasteiger partial charge in [0.05, 0.1) is 5.69 Å². The number of hydrogen-bond acceptors (Lipinski definition) is 3. The molecule has 22 heavy (non-hydrogen) atoms. The number of carbonyl (C=O) groups is 2. The van der Waals surface area contributed by atoms with Gasteiger partial charge >= 0.3 is 18.6 Å². The third-order valence-corrected chi connectivity index (χ3v) is 2.77. The average molecular weight is 316 g/mol. The number of carboxylic acid groups (broad SMARTS) is 1. The number of urea groups is 1. The van der Waals surface area contributed by atoms with E-state index in [1.165, 1.54) is 18.2 Å². The molecule has 0 aliphatic heterocycles. The van der Waals surface area contributed by atoms with Crippen LogP contribution in [0.1, 0.15) is 26.7 Å². The maximum atomic E-state index is 12.3. The molecule has 1 rings (SSSR count). The Labute approximate surface area is 126 Å². The lowest BCUT2D eigenvalue weighted by atomic mass is 9.99. The highest BCUT2D eigenvalue weighted by Crippen LogP contribution is 2.25. The zero-order chi connectivity index (χ0) is 16.8. The monoisotopic (exact) mass is 316 g/mol. The van der Waals surface area contributed by atoms with Crippen molar-refractivity contribution in [3.63, 3.8) is 0 Å². The zero-order valence-electron chi connectivity index (χ0n) is 12.2. The van der Waals surface area contributed by atoms with Crippen LogP contribution >= 0.6 is 0 Å². The van der Waals surface area contributed by atoms with Crippen molar-refractivity contribution in [1.82, 2.24) is 5.32 Å². The summed E-state index contributed by atoms with van der Waals surface area (Å²) in [6.45, 7) is 0.326. The maximum absolute atomic E-state index is 12.3. The number of halogens is 2. The van der Waals surface area contributed by atoms with Crippen LogP contribution in [0.15, 0.2) is 24.3 Å². The topological polar surface area (TPSA) is 87.7 Å². The van der Waals surface area contributed by atoms with Crippen LogP contribution < -0.4 is 15.4 Å². The van der Waals surface area contributed by atoms with Crippen LogP contribution in [0.25, 0.3) is 0 Å². The van der Waals surface area contributed by atoms with E-state index in [-0.39, 0.29) is 24.3 Å². The summed E-state index contributed by atoms with van der Waals surface area (Å²) in [6.07, 6.45) is 0.128. The number of rotatable bonds is 7. The van der Waals surface area contributed by atoms with Crippen LogP contribution in [0.2, 0.25) is 0 Å². The van der Waals surface area contributed by atoms with Crippen molar-refractivity contribution in [1.29, 1.82) is 0 Å². The minimum absolute atomic E-state index is 0.0920. The molecule has 0 bridgehead atoms. The summed E-state index contributed by atoms with van der Waals surface area (Å²) < 4.78 is 28.9. The Morgan fingerprint density at radius 1 is 1.32 bits per heavy atom. The Hall–Kier alpha value is -2.38. The quantitative estimate of drug-likeness (QED) is 0.721. The highest BCUT2D eigenvalue weighted by molar-refractivity contribution is 5.91. The van der Waals surface area contributed by atoms with E-state index in [2.05, 4.69) is 15.4 Å². The number of para-hydroxylation sites is 2. The van der Waals surface area contributed by atoms with E-state index in [4.69, 9.17) is 5.11 Å². The molecule has 6 nitrogen and oxygen atoms in total. The standard InChI is InChI=1S/C14H18F2N2O4/c1-14(2,8-7-11(19)20)18-13(21)17-9-5-3-4-6-10(9)22-12(15)16/h3-6,12H,7-8H2,1-2H3,(H,19,20)(H2,17,18,21). The number of ether oxygens (including phenoxy) is 1. The van der Waals surface area contributed by atoms with E-state index in [9.17, 15) is 18.4 Å². The third-order valence-electron chi connectivity index (χ3n) is 2.77. The number of amides is 2. The van der Waals surface area contributed by atoms with Gasteiger partial charge in [0, 0.05) is 12.0 Å². The molecular weight excluding hydrogens is 298 g/mol. The summed E-state index contributed by atoms with van der Waals surface area (Å²) >= 11 is 0. The SMILES string of the molecule is CC(C)(CCC(=O)O)NC(=O)Nc1ccccc1OC(F)F. The molecule has 122 valence electrons. The smallest absolute Gasteiger partial charge is 0.387 e. The third kappa shape index (κ3) is 6.38. The molecule has 0 aliphatic rings. The fourth-order valence-corrected chi connectivity index (χ4v) is 1.71. The Kier molecular flexibility index (Phi) is 6.09. The molecule has 0 saturated carbocycles. The van der Waals surface area contributed by atoms with Crippen LogP contribution in [-0.4, -0.2) is 29.3 Å². The van der Waals surface area contributed by atoms with E-state index in [0.717, 1.165) is 0 Å². The lowest BCUT2D eigenvalue weighted by Gasteiger charge is -2.26. The molecule has 3 N–H and O–H groups in total. The molecule has 0 heterocycles. The van der Waals surface area contributed by atoms with E-state index < -0.39 is 24.2 Å². The number of hydrogen-bond donors (Lipinski definition) is 3. The number of anilines is 1. The molecule has 0 aliphatic carbocycles. The second-order valence-electron chi connectivity index (χ2n) is 5.23. The van der Waals surface area contributed by atoms with Gasteiger partial charge in [-0.25, -0.2) is 4.79 Å². The van der Waals surface area contributed by atoms with Crippen LogP contribution in [0.5, 0.6) is 5.75 Å². The van der Waals surface area contributed by atoms with Gasteiger partial charge in [-0.1, -0.05) is 12.1 Å². The summed E-state index contributed by atoms with van der Waals surface area (Å²) in [5, 5.41) is 13.6. The number of benzene rings is 1. The van der Waals surface area contributed by atoms with Crippen molar-refractivity contribution >= 4 is 17.7 Å². The first-order valence-corrected chi connectivity index (χ1v) is 6.54. The van der Waals surface area contributed by atoms with Gasteiger partial charge in [0.25, 0.3) is 0 Å². The fourth-order valence-electron chi connectivity index (χ4n) is 1.71. The average Bonchev–Trinajstić information content (AvgIpc) is 2.37. The van der Waals surface area contributed by atoms with Gasteiger partial charge in [0.15, 0.2) is 0 Å². The lowest BCUT2D eigenvalue weighted by Crippen LogP contribution is -2.45. The van der Waals surface area contributed by atoms with Gasteiger partial charge < -0.3 is 20.5 Å². The lowest BCUT2D eigenvalue weighted by molar-refractivity contribution is -0.137. The van der Waals surface area contributed by atoms with Crippen LogP contribution in [0.3, 0.4) is 0 Å². The first-order valence-electron chi connectivity index (χ1n) is 6.54. The van der Waals surface area contributed by atoms with Crippen LogP contribution in [0, 0.1) is 0 Å². The van der Waals surface area contributed by atoms with Gasteiger partial charge in [-0.05, 0) is 32.4 Å². The van der Waals surface area contributed by atoms with Gasteiger partial charge in [-0.2, -0.15) is 8.78 Å². The van der Waals surface area contributed by atoms with Gasteiger partial charge in [-0.15, -0.1) is 0 Å². The Balaban J connectivity index is 2.67. The van der Waals surface area contributed by atoms with Crippen LogP contribution in [0.4, 0.5) is 19.3 Å². The number of aliphatic carboxylic acids is 1. The molecule has 0 atom stereocenters. The molecule has 0 aromatic heterocycles. The summed E-state index contributed by atoms with van der Waals surface area (Å²) in [4.78, 5) is 22.5.